The van der Waals surface area contributed by atoms with Crippen LogP contribution in [0.3, 0.4) is 0 Å². The van der Waals surface area contributed by atoms with Crippen LogP contribution in [0.2, 0.25) is 5.02 Å². The minimum atomic E-state index is -1.08. The van der Waals surface area contributed by atoms with E-state index in [1.165, 1.54) is 4.90 Å². The lowest BCUT2D eigenvalue weighted by molar-refractivity contribution is -0.154. The highest BCUT2D eigenvalue weighted by Crippen LogP contribution is 2.58. The Kier molecular flexibility index (Phi) is 5.74. The van der Waals surface area contributed by atoms with E-state index in [0.29, 0.717) is 30.0 Å². The first kappa shape index (κ1) is 21.1. The highest BCUT2D eigenvalue weighted by molar-refractivity contribution is 6.33. The van der Waals surface area contributed by atoms with Gasteiger partial charge in [-0.1, -0.05) is 23.7 Å². The lowest BCUT2D eigenvalue weighted by Gasteiger charge is -2.33. The van der Waals surface area contributed by atoms with Crippen LogP contribution >= 0.6 is 11.6 Å². The Balaban J connectivity index is 1.69. The number of aliphatic hydroxyl groups excluding tert-OH is 1. The molecule has 5 atom stereocenters. The van der Waals surface area contributed by atoms with Gasteiger partial charge in [-0.25, -0.2) is 0 Å². The van der Waals surface area contributed by atoms with Crippen LogP contribution in [0.5, 0.6) is 0 Å². The molecule has 1 aromatic rings. The van der Waals surface area contributed by atoms with Gasteiger partial charge in [0.25, 0.3) is 0 Å². The van der Waals surface area contributed by atoms with E-state index in [-0.39, 0.29) is 25.7 Å². The molecule has 30 heavy (non-hydrogen) atoms. The Labute approximate surface area is 179 Å². The van der Waals surface area contributed by atoms with Gasteiger partial charge in [0.05, 0.1) is 35.3 Å². The molecule has 0 unspecified atom stereocenters. The van der Waals surface area contributed by atoms with Crippen molar-refractivity contribution < 1.29 is 29.0 Å². The number of hydrogen-bond donors (Lipinski definition) is 2. The highest BCUT2D eigenvalue weighted by atomic mass is 35.5. The minimum Gasteiger partial charge on any atom is -0.466 e. The molecule has 9 heteroatoms. The van der Waals surface area contributed by atoms with E-state index in [1.54, 1.807) is 31.2 Å². The fourth-order valence-electron chi connectivity index (χ4n) is 5.21. The van der Waals surface area contributed by atoms with Crippen molar-refractivity contribution in [3.05, 3.63) is 29.3 Å². The number of rotatable bonds is 7. The van der Waals surface area contributed by atoms with Crippen molar-refractivity contribution in [2.24, 2.45) is 11.8 Å². The lowest BCUT2D eigenvalue weighted by atomic mass is 9.71. The number of anilines is 1. The Bertz CT molecular complexity index is 864. The molecule has 3 aliphatic heterocycles. The molecule has 8 nitrogen and oxygen atoms in total. The summed E-state index contributed by atoms with van der Waals surface area (Å²) in [6, 6.07) is 5.93. The topological polar surface area (TPSA) is 105 Å². The molecule has 0 radical (unpaired) electrons. The highest BCUT2D eigenvalue weighted by Gasteiger charge is 2.74. The van der Waals surface area contributed by atoms with Crippen molar-refractivity contribution in [2.75, 3.05) is 25.1 Å². The van der Waals surface area contributed by atoms with Gasteiger partial charge in [-0.15, -0.1) is 0 Å². The zero-order chi connectivity index (χ0) is 21.5. The van der Waals surface area contributed by atoms with Crippen LogP contribution in [0, 0.1) is 11.8 Å². The monoisotopic (exact) mass is 436 g/mol. The molecule has 1 spiro atoms. The van der Waals surface area contributed by atoms with Crippen molar-refractivity contribution >= 4 is 35.1 Å². The SMILES string of the molecule is CCOC(=O)[C@@H]1[C@H]2C(=O)N(CCCO)[C@H](C(=O)Nc3ccccc3Cl)[C@]23CC[C@H]1O3. The second-order valence-electron chi connectivity index (χ2n) is 7.89. The Morgan fingerprint density at radius 2 is 2.17 bits per heavy atom. The van der Waals surface area contributed by atoms with E-state index in [2.05, 4.69) is 5.32 Å². The van der Waals surface area contributed by atoms with E-state index in [9.17, 15) is 19.5 Å². The normalized spacial score (nSPS) is 31.7. The zero-order valence-electron chi connectivity index (χ0n) is 16.7. The van der Waals surface area contributed by atoms with Crippen molar-refractivity contribution in [3.63, 3.8) is 0 Å². The van der Waals surface area contributed by atoms with Crippen molar-refractivity contribution in [1.82, 2.24) is 4.90 Å². The summed E-state index contributed by atoms with van der Waals surface area (Å²) in [5.74, 6) is -2.67. The summed E-state index contributed by atoms with van der Waals surface area (Å²) < 4.78 is 11.4. The minimum absolute atomic E-state index is 0.120. The molecule has 0 saturated carbocycles. The fourth-order valence-corrected chi connectivity index (χ4v) is 5.39. The number of fused-ring (bicyclic) bond motifs is 1. The molecule has 1 aromatic carbocycles. The van der Waals surface area contributed by atoms with Crippen LogP contribution in [0.1, 0.15) is 26.2 Å². The van der Waals surface area contributed by atoms with Gasteiger partial charge < -0.3 is 24.8 Å². The van der Waals surface area contributed by atoms with Crippen molar-refractivity contribution in [2.45, 2.75) is 43.9 Å². The molecule has 0 aromatic heterocycles. The quantitative estimate of drug-likeness (QED) is 0.629. The number of para-hydroxylation sites is 1. The summed E-state index contributed by atoms with van der Waals surface area (Å²) in [4.78, 5) is 40.8. The third kappa shape index (κ3) is 3.18. The van der Waals surface area contributed by atoms with Gasteiger partial charge in [-0.2, -0.15) is 0 Å². The van der Waals surface area contributed by atoms with E-state index in [1.807, 2.05) is 0 Å². The van der Waals surface area contributed by atoms with Crippen LogP contribution in [0.25, 0.3) is 0 Å². The molecule has 2 amide bonds. The van der Waals surface area contributed by atoms with Gasteiger partial charge >= 0.3 is 5.97 Å². The van der Waals surface area contributed by atoms with Crippen molar-refractivity contribution in [3.8, 4) is 0 Å². The van der Waals surface area contributed by atoms with Gasteiger partial charge in [0.15, 0.2) is 0 Å². The first-order valence-corrected chi connectivity index (χ1v) is 10.6. The second kappa shape index (κ2) is 8.17. The van der Waals surface area contributed by atoms with E-state index < -0.39 is 41.5 Å². The molecule has 3 saturated heterocycles. The van der Waals surface area contributed by atoms with Crippen LogP contribution < -0.4 is 5.32 Å². The van der Waals surface area contributed by atoms with Gasteiger partial charge in [-0.05, 0) is 38.3 Å². The van der Waals surface area contributed by atoms with Gasteiger partial charge in [0.2, 0.25) is 11.8 Å². The van der Waals surface area contributed by atoms with Crippen LogP contribution in [0.4, 0.5) is 5.69 Å². The zero-order valence-corrected chi connectivity index (χ0v) is 17.4. The molecule has 0 aliphatic carbocycles. The maximum Gasteiger partial charge on any atom is 0.312 e. The van der Waals surface area contributed by atoms with Crippen LogP contribution in [-0.4, -0.2) is 65.3 Å². The summed E-state index contributed by atoms with van der Waals surface area (Å²) in [5, 5.41) is 12.5. The van der Waals surface area contributed by atoms with Crippen LogP contribution in [-0.2, 0) is 23.9 Å². The second-order valence-corrected chi connectivity index (χ2v) is 8.29. The number of ether oxygens (including phenoxy) is 2. The maximum atomic E-state index is 13.4. The fraction of sp³-hybridized carbons (Fsp3) is 0.571. The summed E-state index contributed by atoms with van der Waals surface area (Å²) in [5.41, 5.74) is -0.645. The third-order valence-electron chi connectivity index (χ3n) is 6.30. The number of halogens is 1. The summed E-state index contributed by atoms with van der Waals surface area (Å²) in [7, 11) is 0. The van der Waals surface area contributed by atoms with E-state index >= 15 is 0 Å². The van der Waals surface area contributed by atoms with E-state index in [4.69, 9.17) is 21.1 Å². The number of benzene rings is 1. The van der Waals surface area contributed by atoms with Crippen molar-refractivity contribution in [1.29, 1.82) is 0 Å². The Morgan fingerprint density at radius 3 is 2.87 bits per heavy atom. The molecule has 2 N–H and O–H groups in total. The number of amides is 2. The Morgan fingerprint density at radius 1 is 1.40 bits per heavy atom. The average molecular weight is 437 g/mol. The standard InChI is InChI=1S/C21H25ClN2O6/c1-2-29-20(28)15-14-8-9-21(30-14)16(15)19(27)24(10-5-11-25)17(21)18(26)23-13-7-4-3-6-12(13)22/h3-4,6-7,14-17,25H,2,5,8-11H2,1H3,(H,23,26)/t14-,15+,16+,17-,21+/m1/s1. The molecule has 3 aliphatic rings. The van der Waals surface area contributed by atoms with Gasteiger partial charge in [0.1, 0.15) is 11.6 Å². The van der Waals surface area contributed by atoms with Gasteiger partial charge in [0, 0.05) is 13.2 Å². The van der Waals surface area contributed by atoms with Gasteiger partial charge in [-0.3, -0.25) is 14.4 Å². The number of likely N-dealkylation sites (tertiary alicyclic amines) is 1. The van der Waals surface area contributed by atoms with Crippen LogP contribution in [0.15, 0.2) is 24.3 Å². The molecular formula is C21H25ClN2O6. The largest absolute Gasteiger partial charge is 0.466 e. The third-order valence-corrected chi connectivity index (χ3v) is 6.63. The first-order valence-electron chi connectivity index (χ1n) is 10.3. The lowest BCUT2D eigenvalue weighted by Crippen LogP contribution is -2.53. The molecular weight excluding hydrogens is 412 g/mol. The predicted molar refractivity (Wildman–Crippen MR) is 108 cm³/mol. The average Bonchev–Trinajstić information content (AvgIpc) is 3.35. The number of nitrogens with zero attached hydrogens (tertiary/aromatic N) is 1. The number of aliphatic hydroxyl groups is 1. The molecule has 2 bridgehead atoms. The number of carbonyl (C=O) groups is 3. The molecule has 4 rings (SSSR count). The Hall–Kier alpha value is -2.16. The summed E-state index contributed by atoms with van der Waals surface area (Å²) >= 11 is 6.19. The first-order chi connectivity index (χ1) is 14.4. The molecule has 3 fully saturated rings. The molecule has 162 valence electrons. The summed E-state index contributed by atoms with van der Waals surface area (Å²) in [6.45, 7) is 2.00. The smallest absolute Gasteiger partial charge is 0.312 e. The van der Waals surface area contributed by atoms with E-state index in [0.717, 1.165) is 0 Å². The number of hydrogen-bond acceptors (Lipinski definition) is 6. The molecule has 3 heterocycles. The summed E-state index contributed by atoms with van der Waals surface area (Å²) in [6.07, 6.45) is 0.961. The predicted octanol–water partition coefficient (Wildman–Crippen LogP) is 1.60. The number of carbonyl (C=O) groups excluding carboxylic acids is 3. The maximum absolute atomic E-state index is 13.4. The number of esters is 1. The number of nitrogens with one attached hydrogen (secondary N) is 1.